The van der Waals surface area contributed by atoms with E-state index in [1.807, 2.05) is 35.7 Å². The first kappa shape index (κ1) is 20.6. The third-order valence-electron chi connectivity index (χ3n) is 5.25. The van der Waals surface area contributed by atoms with Crippen LogP contribution >= 0.6 is 34.3 Å². The van der Waals surface area contributed by atoms with Crippen molar-refractivity contribution in [3.63, 3.8) is 0 Å². The highest BCUT2D eigenvalue weighted by molar-refractivity contribution is 7.17. The van der Waals surface area contributed by atoms with Gasteiger partial charge in [-0.1, -0.05) is 29.8 Å². The molecule has 3 heterocycles. The van der Waals surface area contributed by atoms with Crippen molar-refractivity contribution >= 4 is 45.2 Å². The molecular formula is C22H23ClN2O2S2. The van der Waals surface area contributed by atoms with E-state index >= 15 is 0 Å². The predicted octanol–water partition coefficient (Wildman–Crippen LogP) is 5.75. The van der Waals surface area contributed by atoms with E-state index in [1.165, 1.54) is 21.8 Å². The lowest BCUT2D eigenvalue weighted by atomic mass is 9.94. The highest BCUT2D eigenvalue weighted by Crippen LogP contribution is 2.43. The van der Waals surface area contributed by atoms with E-state index in [0.29, 0.717) is 18.1 Å². The summed E-state index contributed by atoms with van der Waals surface area (Å²) in [6.07, 6.45) is 0. The van der Waals surface area contributed by atoms with Crippen molar-refractivity contribution in [2.45, 2.75) is 19.9 Å². The molecule has 3 aromatic rings. The minimum absolute atomic E-state index is 0.0150. The number of rotatable bonds is 5. The maximum Gasteiger partial charge on any atom is 0.266 e. The molecule has 0 bridgehead atoms. The number of amides is 1. The third-order valence-corrected chi connectivity index (χ3v) is 7.49. The normalized spacial score (nSPS) is 16.0. The first-order chi connectivity index (χ1) is 14.0. The minimum atomic E-state index is -0.0608. The quantitative estimate of drug-likeness (QED) is 0.542. The smallest absolute Gasteiger partial charge is 0.266 e. The van der Waals surface area contributed by atoms with Gasteiger partial charge in [0.2, 0.25) is 0 Å². The fourth-order valence-corrected chi connectivity index (χ4v) is 5.62. The molecule has 7 heteroatoms. The van der Waals surface area contributed by atoms with Crippen LogP contribution in [0.2, 0.25) is 5.02 Å². The molecule has 0 unspecified atom stereocenters. The van der Waals surface area contributed by atoms with Gasteiger partial charge >= 0.3 is 0 Å². The number of benzene rings is 1. The van der Waals surface area contributed by atoms with Crippen molar-refractivity contribution in [1.29, 1.82) is 0 Å². The van der Waals surface area contributed by atoms with Crippen LogP contribution in [0.1, 0.15) is 37.3 Å². The SMILES string of the molecule is Cc1sc(NC(=O)c2cccs2)c([C@@H](c2cccc(Cl)c2)N2CCOCC2)c1C. The Morgan fingerprint density at radius 2 is 2.00 bits per heavy atom. The molecule has 1 aliphatic heterocycles. The highest BCUT2D eigenvalue weighted by Gasteiger charge is 2.30. The number of carbonyl (C=O) groups excluding carboxylic acids is 1. The molecule has 0 spiro atoms. The van der Waals surface area contributed by atoms with Crippen LogP contribution in [0.3, 0.4) is 0 Å². The number of aryl methyl sites for hydroxylation is 1. The average molecular weight is 447 g/mol. The second-order valence-electron chi connectivity index (χ2n) is 7.06. The topological polar surface area (TPSA) is 41.6 Å². The van der Waals surface area contributed by atoms with E-state index in [-0.39, 0.29) is 11.9 Å². The van der Waals surface area contributed by atoms with Crippen LogP contribution in [0.15, 0.2) is 41.8 Å². The Hall–Kier alpha value is -1.70. The second kappa shape index (κ2) is 8.98. The summed E-state index contributed by atoms with van der Waals surface area (Å²) < 4.78 is 5.59. The number of anilines is 1. The van der Waals surface area contributed by atoms with Crippen molar-refractivity contribution in [2.75, 3.05) is 31.6 Å². The summed E-state index contributed by atoms with van der Waals surface area (Å²) in [6.45, 7) is 7.33. The van der Waals surface area contributed by atoms with Crippen molar-refractivity contribution < 1.29 is 9.53 Å². The Balaban J connectivity index is 1.78. The summed E-state index contributed by atoms with van der Waals surface area (Å²) in [5.74, 6) is -0.0608. The predicted molar refractivity (Wildman–Crippen MR) is 122 cm³/mol. The maximum atomic E-state index is 12.8. The van der Waals surface area contributed by atoms with Crippen LogP contribution in [-0.4, -0.2) is 37.1 Å². The number of nitrogens with one attached hydrogen (secondary N) is 1. The van der Waals surface area contributed by atoms with Crippen molar-refractivity contribution in [1.82, 2.24) is 4.90 Å². The van der Waals surface area contributed by atoms with E-state index < -0.39 is 0 Å². The zero-order valence-corrected chi connectivity index (χ0v) is 18.8. The van der Waals surface area contributed by atoms with E-state index in [0.717, 1.165) is 34.2 Å². The number of ether oxygens (including phenoxy) is 1. The van der Waals surface area contributed by atoms with Crippen LogP contribution in [0.4, 0.5) is 5.00 Å². The Morgan fingerprint density at radius 3 is 2.69 bits per heavy atom. The molecule has 0 radical (unpaired) electrons. The Labute approximate surface area is 184 Å². The van der Waals surface area contributed by atoms with Gasteiger partial charge in [-0.2, -0.15) is 0 Å². The van der Waals surface area contributed by atoms with Crippen LogP contribution in [0, 0.1) is 13.8 Å². The van der Waals surface area contributed by atoms with Gasteiger partial charge in [0.05, 0.1) is 24.1 Å². The molecule has 1 amide bonds. The third kappa shape index (κ3) is 4.42. The zero-order valence-electron chi connectivity index (χ0n) is 16.4. The molecule has 0 saturated carbocycles. The van der Waals surface area contributed by atoms with E-state index in [9.17, 15) is 4.79 Å². The van der Waals surface area contributed by atoms with Gasteiger partial charge < -0.3 is 10.1 Å². The standard InChI is InChI=1S/C22H23ClN2O2S2/c1-14-15(2)29-22(24-21(26)18-7-4-12-28-18)19(14)20(25-8-10-27-11-9-25)16-5-3-6-17(23)13-16/h3-7,12-13,20H,8-11H2,1-2H3,(H,24,26)/t20-/m1/s1. The van der Waals surface area contributed by atoms with Gasteiger partial charge in [0.1, 0.15) is 5.00 Å². The molecule has 4 nitrogen and oxygen atoms in total. The lowest BCUT2D eigenvalue weighted by molar-refractivity contribution is 0.0240. The zero-order chi connectivity index (χ0) is 20.4. The summed E-state index contributed by atoms with van der Waals surface area (Å²) >= 11 is 9.43. The first-order valence-corrected chi connectivity index (χ1v) is 11.6. The molecule has 152 valence electrons. The summed E-state index contributed by atoms with van der Waals surface area (Å²) in [5, 5.41) is 6.73. The molecule has 1 aliphatic rings. The van der Waals surface area contributed by atoms with Crippen LogP contribution in [0.5, 0.6) is 0 Å². The van der Waals surface area contributed by atoms with Gasteiger partial charge in [0.25, 0.3) is 5.91 Å². The van der Waals surface area contributed by atoms with Gasteiger partial charge in [-0.15, -0.1) is 22.7 Å². The van der Waals surface area contributed by atoms with Gasteiger partial charge in [0, 0.05) is 28.6 Å². The largest absolute Gasteiger partial charge is 0.379 e. The lowest BCUT2D eigenvalue weighted by Crippen LogP contribution is -2.39. The van der Waals surface area contributed by atoms with E-state index in [2.05, 4.69) is 30.1 Å². The van der Waals surface area contributed by atoms with Crippen LogP contribution in [-0.2, 0) is 4.74 Å². The Bertz CT molecular complexity index is 994. The number of halogens is 1. The summed E-state index contributed by atoms with van der Waals surface area (Å²) in [4.78, 5) is 17.1. The molecule has 1 saturated heterocycles. The van der Waals surface area contributed by atoms with E-state index in [4.69, 9.17) is 16.3 Å². The summed E-state index contributed by atoms with van der Waals surface area (Å²) in [6, 6.07) is 11.8. The molecule has 29 heavy (non-hydrogen) atoms. The fraction of sp³-hybridized carbons (Fsp3) is 0.318. The number of nitrogens with zero attached hydrogens (tertiary/aromatic N) is 1. The lowest BCUT2D eigenvalue weighted by Gasteiger charge is -2.35. The Morgan fingerprint density at radius 1 is 1.21 bits per heavy atom. The fourth-order valence-electron chi connectivity index (χ4n) is 3.71. The molecule has 1 fully saturated rings. The van der Waals surface area contributed by atoms with Crippen molar-refractivity contribution in [3.05, 3.63) is 73.2 Å². The summed E-state index contributed by atoms with van der Waals surface area (Å²) in [7, 11) is 0. The Kier molecular flexibility index (Phi) is 6.37. The van der Waals surface area contributed by atoms with Gasteiger partial charge in [-0.05, 0) is 48.6 Å². The van der Waals surface area contributed by atoms with Gasteiger partial charge in [-0.25, -0.2) is 0 Å². The van der Waals surface area contributed by atoms with Crippen LogP contribution in [0.25, 0.3) is 0 Å². The van der Waals surface area contributed by atoms with Crippen molar-refractivity contribution in [2.24, 2.45) is 0 Å². The maximum absolute atomic E-state index is 12.8. The monoisotopic (exact) mass is 446 g/mol. The molecular weight excluding hydrogens is 424 g/mol. The van der Waals surface area contributed by atoms with Crippen LogP contribution < -0.4 is 5.32 Å². The molecule has 1 aromatic carbocycles. The number of thiophene rings is 2. The molecule has 2 aromatic heterocycles. The first-order valence-electron chi connectivity index (χ1n) is 9.56. The average Bonchev–Trinajstić information content (AvgIpc) is 3.34. The van der Waals surface area contributed by atoms with Crippen molar-refractivity contribution in [3.8, 4) is 0 Å². The number of hydrogen-bond donors (Lipinski definition) is 1. The second-order valence-corrected chi connectivity index (χ2v) is 9.67. The molecule has 1 N–H and O–H groups in total. The minimum Gasteiger partial charge on any atom is -0.379 e. The molecule has 0 aliphatic carbocycles. The molecule has 4 rings (SSSR count). The summed E-state index contributed by atoms with van der Waals surface area (Å²) in [5.41, 5.74) is 3.50. The van der Waals surface area contributed by atoms with Gasteiger partial charge in [0.15, 0.2) is 0 Å². The highest BCUT2D eigenvalue weighted by atomic mass is 35.5. The number of hydrogen-bond acceptors (Lipinski definition) is 5. The van der Waals surface area contributed by atoms with E-state index in [1.54, 1.807) is 11.3 Å². The number of morpholine rings is 1. The molecule has 1 atom stereocenters. The number of carbonyl (C=O) groups is 1. The van der Waals surface area contributed by atoms with Gasteiger partial charge in [-0.3, -0.25) is 9.69 Å².